The Bertz CT molecular complexity index is 994. The molecule has 1 N–H and O–H groups in total. The monoisotopic (exact) mass is 455 g/mol. The Morgan fingerprint density at radius 3 is 2.50 bits per heavy atom. The summed E-state index contributed by atoms with van der Waals surface area (Å²) in [5.74, 6) is 0.692. The number of ether oxygens (including phenoxy) is 2. The van der Waals surface area contributed by atoms with Crippen LogP contribution in [0.25, 0.3) is 0 Å². The SMILES string of the molecule is COc1ccc(C(CNS(=O)(=O)c2ccc(Cl)cc2[N+](=O)[O-])N2CCOCC2)cc1. The van der Waals surface area contributed by atoms with Gasteiger partial charge in [-0.15, -0.1) is 0 Å². The van der Waals surface area contributed by atoms with E-state index in [0.717, 1.165) is 17.7 Å². The second-order valence-corrected chi connectivity index (χ2v) is 8.83. The van der Waals surface area contributed by atoms with Crippen LogP contribution in [0.4, 0.5) is 5.69 Å². The van der Waals surface area contributed by atoms with E-state index in [0.29, 0.717) is 32.1 Å². The maximum Gasteiger partial charge on any atom is 0.290 e. The zero-order chi connectivity index (χ0) is 21.7. The lowest BCUT2D eigenvalue weighted by Crippen LogP contribution is -2.43. The number of morpholine rings is 1. The van der Waals surface area contributed by atoms with Gasteiger partial charge in [0, 0.05) is 36.8 Å². The molecule has 30 heavy (non-hydrogen) atoms. The molecule has 0 aromatic heterocycles. The zero-order valence-corrected chi connectivity index (χ0v) is 17.9. The number of sulfonamides is 1. The molecule has 1 aliphatic rings. The van der Waals surface area contributed by atoms with E-state index < -0.39 is 25.5 Å². The molecule has 0 bridgehead atoms. The summed E-state index contributed by atoms with van der Waals surface area (Å²) < 4.78 is 38.9. The van der Waals surface area contributed by atoms with Gasteiger partial charge >= 0.3 is 0 Å². The van der Waals surface area contributed by atoms with Gasteiger partial charge in [-0.25, -0.2) is 13.1 Å². The molecule has 2 aromatic rings. The Labute approximate surface area is 179 Å². The zero-order valence-electron chi connectivity index (χ0n) is 16.3. The molecule has 1 heterocycles. The molecule has 0 radical (unpaired) electrons. The third kappa shape index (κ3) is 5.27. The molecule has 0 saturated carbocycles. The highest BCUT2D eigenvalue weighted by Crippen LogP contribution is 2.28. The second-order valence-electron chi connectivity index (χ2n) is 6.66. The highest BCUT2D eigenvalue weighted by molar-refractivity contribution is 7.89. The molecular weight excluding hydrogens is 434 g/mol. The van der Waals surface area contributed by atoms with Gasteiger partial charge in [0.05, 0.1) is 25.2 Å². The van der Waals surface area contributed by atoms with Crippen LogP contribution in [0, 0.1) is 10.1 Å². The molecule has 1 saturated heterocycles. The Hall–Kier alpha value is -2.24. The summed E-state index contributed by atoms with van der Waals surface area (Å²) in [6.45, 7) is 2.40. The molecule has 11 heteroatoms. The Morgan fingerprint density at radius 2 is 1.90 bits per heavy atom. The van der Waals surface area contributed by atoms with Crippen LogP contribution in [0.5, 0.6) is 5.75 Å². The highest BCUT2D eigenvalue weighted by Gasteiger charge is 2.29. The van der Waals surface area contributed by atoms with Crippen LogP contribution in [0.15, 0.2) is 47.4 Å². The van der Waals surface area contributed by atoms with E-state index in [-0.39, 0.29) is 17.6 Å². The molecule has 0 amide bonds. The number of halogens is 1. The third-order valence-corrected chi connectivity index (χ3v) is 6.57. The average molecular weight is 456 g/mol. The molecule has 1 atom stereocenters. The predicted molar refractivity (Wildman–Crippen MR) is 111 cm³/mol. The molecule has 162 valence electrons. The smallest absolute Gasteiger partial charge is 0.290 e. The van der Waals surface area contributed by atoms with Gasteiger partial charge in [-0.2, -0.15) is 0 Å². The van der Waals surface area contributed by atoms with E-state index in [4.69, 9.17) is 21.1 Å². The van der Waals surface area contributed by atoms with Crippen molar-refractivity contribution in [1.82, 2.24) is 9.62 Å². The molecule has 3 rings (SSSR count). The number of nitrogens with one attached hydrogen (secondary N) is 1. The van der Waals surface area contributed by atoms with Crippen LogP contribution >= 0.6 is 11.6 Å². The first-order valence-corrected chi connectivity index (χ1v) is 11.1. The number of nitro benzene ring substituents is 1. The molecule has 1 aliphatic heterocycles. The molecule has 2 aromatic carbocycles. The van der Waals surface area contributed by atoms with Crippen LogP contribution < -0.4 is 9.46 Å². The van der Waals surface area contributed by atoms with Crippen molar-refractivity contribution in [3.8, 4) is 5.75 Å². The van der Waals surface area contributed by atoms with E-state index in [9.17, 15) is 18.5 Å². The molecule has 9 nitrogen and oxygen atoms in total. The highest BCUT2D eigenvalue weighted by atomic mass is 35.5. The maximum atomic E-state index is 12.9. The van der Waals surface area contributed by atoms with Gasteiger partial charge in [-0.05, 0) is 29.8 Å². The molecule has 0 aliphatic carbocycles. The van der Waals surface area contributed by atoms with Gasteiger partial charge in [0.1, 0.15) is 5.75 Å². The van der Waals surface area contributed by atoms with E-state index in [1.165, 1.54) is 6.07 Å². The van der Waals surface area contributed by atoms with E-state index >= 15 is 0 Å². The topological polar surface area (TPSA) is 111 Å². The summed E-state index contributed by atoms with van der Waals surface area (Å²) in [6, 6.07) is 10.6. The van der Waals surface area contributed by atoms with Crippen molar-refractivity contribution in [2.45, 2.75) is 10.9 Å². The van der Waals surface area contributed by atoms with Crippen LogP contribution in [0.2, 0.25) is 5.02 Å². The van der Waals surface area contributed by atoms with Crippen molar-refractivity contribution < 1.29 is 22.8 Å². The third-order valence-electron chi connectivity index (χ3n) is 4.86. The number of benzene rings is 2. The molecule has 1 unspecified atom stereocenters. The van der Waals surface area contributed by atoms with Crippen molar-refractivity contribution in [3.63, 3.8) is 0 Å². The number of rotatable bonds is 8. The lowest BCUT2D eigenvalue weighted by atomic mass is 10.0. The lowest BCUT2D eigenvalue weighted by Gasteiger charge is -2.35. The van der Waals surface area contributed by atoms with Gasteiger partial charge in [0.2, 0.25) is 10.0 Å². The quantitative estimate of drug-likeness (QED) is 0.481. The standard InChI is InChI=1S/C19H22ClN3O6S/c1-28-16-5-2-14(3-6-16)18(22-8-10-29-11-9-22)13-21-30(26,27)19-7-4-15(20)12-17(19)23(24)25/h2-7,12,18,21H,8-11,13H2,1H3. The Balaban J connectivity index is 1.86. The largest absolute Gasteiger partial charge is 0.497 e. The van der Waals surface area contributed by atoms with E-state index in [1.807, 2.05) is 12.1 Å². The van der Waals surface area contributed by atoms with Crippen LogP contribution in [-0.4, -0.2) is 58.2 Å². The summed E-state index contributed by atoms with van der Waals surface area (Å²) in [5, 5.41) is 11.4. The molecular formula is C19H22ClN3O6S. The first kappa shape index (κ1) is 22.4. The van der Waals surface area contributed by atoms with Gasteiger partial charge in [0.15, 0.2) is 4.90 Å². The van der Waals surface area contributed by atoms with Crippen LogP contribution in [0.3, 0.4) is 0 Å². The second kappa shape index (κ2) is 9.71. The van der Waals surface area contributed by atoms with Gasteiger partial charge < -0.3 is 9.47 Å². The van der Waals surface area contributed by atoms with Gasteiger partial charge in [0.25, 0.3) is 5.69 Å². The fraction of sp³-hybridized carbons (Fsp3) is 0.368. The maximum absolute atomic E-state index is 12.9. The van der Waals surface area contributed by atoms with Crippen molar-refractivity contribution in [1.29, 1.82) is 0 Å². The Morgan fingerprint density at radius 1 is 1.23 bits per heavy atom. The van der Waals surface area contributed by atoms with Crippen molar-refractivity contribution >= 4 is 27.3 Å². The first-order chi connectivity index (χ1) is 14.3. The predicted octanol–water partition coefficient (Wildman–Crippen LogP) is 2.61. The summed E-state index contributed by atoms with van der Waals surface area (Å²) in [6.07, 6.45) is 0. The normalized spacial score (nSPS) is 16.2. The van der Waals surface area contributed by atoms with Crippen molar-refractivity contribution in [2.24, 2.45) is 0 Å². The summed E-state index contributed by atoms with van der Waals surface area (Å²) in [7, 11) is -2.57. The summed E-state index contributed by atoms with van der Waals surface area (Å²) in [5.41, 5.74) is 0.327. The lowest BCUT2D eigenvalue weighted by molar-refractivity contribution is -0.387. The Kier molecular flexibility index (Phi) is 7.27. The van der Waals surface area contributed by atoms with Crippen molar-refractivity contribution in [3.05, 3.63) is 63.2 Å². The van der Waals surface area contributed by atoms with Crippen LogP contribution in [0.1, 0.15) is 11.6 Å². The average Bonchev–Trinajstić information content (AvgIpc) is 2.74. The molecule has 0 spiro atoms. The first-order valence-electron chi connectivity index (χ1n) is 9.21. The minimum atomic E-state index is -4.14. The minimum Gasteiger partial charge on any atom is -0.497 e. The summed E-state index contributed by atoms with van der Waals surface area (Å²) >= 11 is 5.80. The van der Waals surface area contributed by atoms with E-state index in [2.05, 4.69) is 9.62 Å². The number of nitro groups is 1. The number of nitrogens with zero attached hydrogens (tertiary/aromatic N) is 2. The number of methoxy groups -OCH3 is 1. The minimum absolute atomic E-state index is 0.0362. The van der Waals surface area contributed by atoms with Gasteiger partial charge in [-0.3, -0.25) is 15.0 Å². The fourth-order valence-corrected chi connectivity index (χ4v) is 4.65. The van der Waals surface area contributed by atoms with Crippen molar-refractivity contribution in [2.75, 3.05) is 40.0 Å². The molecule has 1 fully saturated rings. The van der Waals surface area contributed by atoms with Gasteiger partial charge in [-0.1, -0.05) is 23.7 Å². The summed E-state index contributed by atoms with van der Waals surface area (Å²) in [4.78, 5) is 12.2. The fourth-order valence-electron chi connectivity index (χ4n) is 3.30. The van der Waals surface area contributed by atoms with E-state index in [1.54, 1.807) is 19.2 Å². The number of hydrogen-bond donors (Lipinski definition) is 1. The number of hydrogen-bond acceptors (Lipinski definition) is 7. The van der Waals surface area contributed by atoms with Crippen LogP contribution in [-0.2, 0) is 14.8 Å².